The molecule has 0 saturated carbocycles. The largest absolute Gasteiger partial charge is 0.678 e. The van der Waals surface area contributed by atoms with Crippen LogP contribution in [0.25, 0.3) is 105 Å². The van der Waals surface area contributed by atoms with E-state index in [4.69, 9.17) is 4.99 Å². The summed E-state index contributed by atoms with van der Waals surface area (Å²) in [5.41, 5.74) is 27.3. The van der Waals surface area contributed by atoms with Crippen LogP contribution < -0.4 is 0 Å². The van der Waals surface area contributed by atoms with E-state index in [1.54, 1.807) is 12.1 Å². The highest BCUT2D eigenvalue weighted by atomic mass is 19.2. The van der Waals surface area contributed by atoms with Crippen molar-refractivity contribution >= 4 is 73.4 Å². The van der Waals surface area contributed by atoms with Gasteiger partial charge in [-0.15, -0.1) is 0 Å². The third-order valence-corrected chi connectivity index (χ3v) is 19.6. The van der Waals surface area contributed by atoms with E-state index in [-0.39, 0.29) is 16.8 Å². The summed E-state index contributed by atoms with van der Waals surface area (Å²) in [6, 6.07) is 74.9. The van der Waals surface area contributed by atoms with E-state index < -0.39 is 13.2 Å². The maximum atomic E-state index is 18.6. The second kappa shape index (κ2) is 23.4. The summed E-state index contributed by atoms with van der Waals surface area (Å²) in [5, 5.41) is 4.10. The van der Waals surface area contributed by atoms with Crippen molar-refractivity contribution in [2.75, 3.05) is 0 Å². The molecule has 0 N–H and O–H groups in total. The first kappa shape index (κ1) is 60.5. The first-order valence-corrected chi connectivity index (χ1v) is 32.8. The van der Waals surface area contributed by atoms with Crippen LogP contribution in [0.15, 0.2) is 229 Å². The summed E-state index contributed by atoms with van der Waals surface area (Å²) in [6.07, 6.45) is 0. The molecule has 0 spiro atoms. The molecule has 0 unspecified atom stereocenters. The number of rotatable bonds is 11. The number of aromatic nitrogens is 3. The molecule has 3 aromatic heterocycles. The van der Waals surface area contributed by atoms with Crippen LogP contribution in [0.1, 0.15) is 94.7 Å². The molecule has 0 amide bonds. The van der Waals surface area contributed by atoms with Crippen molar-refractivity contribution in [3.8, 4) is 44.9 Å². The number of benzene rings is 11. The number of halogens is 3. The van der Waals surface area contributed by atoms with Crippen LogP contribution in [0.5, 0.6) is 0 Å². The Kier molecular flexibility index (Phi) is 14.9. The quantitative estimate of drug-likeness (QED) is 0.115. The molecule has 4 heterocycles. The summed E-state index contributed by atoms with van der Waals surface area (Å²) in [5.74, 6) is -0.569. The molecule has 0 atom stereocenters. The van der Waals surface area contributed by atoms with Gasteiger partial charge in [0.25, 0.3) is 0 Å². The molecule has 11 aromatic carbocycles. The molecular weight excluding hydrogens is 1170 g/mol. The minimum Gasteiger partial charge on any atom is -0.324 e. The third kappa shape index (κ3) is 9.86. The molecule has 95 heavy (non-hydrogen) atoms. The Labute approximate surface area is 554 Å². The van der Waals surface area contributed by atoms with E-state index in [0.29, 0.717) is 33.8 Å². The average molecular weight is 1240 g/mol. The molecule has 14 aromatic rings. The molecule has 0 radical (unpaired) electrons. The fourth-order valence-electron chi connectivity index (χ4n) is 16.4. The van der Waals surface area contributed by atoms with Gasteiger partial charge in [0.2, 0.25) is 0 Å². The van der Waals surface area contributed by atoms with Gasteiger partial charge in [0.15, 0.2) is 0 Å². The minimum atomic E-state index is -3.17. The van der Waals surface area contributed by atoms with Gasteiger partial charge in [-0.1, -0.05) is 174 Å². The highest BCUT2D eigenvalue weighted by Gasteiger charge is 2.41. The van der Waals surface area contributed by atoms with Crippen LogP contribution in [0.4, 0.5) is 13.0 Å². The highest BCUT2D eigenvalue weighted by Crippen LogP contribution is 2.56. The molecule has 0 bridgehead atoms. The molecule has 0 aliphatic carbocycles. The predicted molar refractivity (Wildman–Crippen MR) is 395 cm³/mol. The summed E-state index contributed by atoms with van der Waals surface area (Å²) < 4.78 is 61.5. The van der Waals surface area contributed by atoms with E-state index in [1.807, 2.05) is 44.2 Å². The van der Waals surface area contributed by atoms with Crippen molar-refractivity contribution < 1.29 is 13.0 Å². The van der Waals surface area contributed by atoms with Crippen LogP contribution in [0.2, 0.25) is 0 Å². The predicted octanol–water partition coefficient (Wildman–Crippen LogP) is 23.2. The van der Waals surface area contributed by atoms with Crippen molar-refractivity contribution in [2.45, 2.75) is 83.1 Å². The summed E-state index contributed by atoms with van der Waals surface area (Å²) in [4.78, 5) is 6.14. The van der Waals surface area contributed by atoms with Crippen LogP contribution >= 0.6 is 0 Å². The second-order valence-corrected chi connectivity index (χ2v) is 26.4. The second-order valence-electron chi connectivity index (χ2n) is 26.4. The van der Waals surface area contributed by atoms with Crippen molar-refractivity contribution in [3.05, 3.63) is 325 Å². The van der Waals surface area contributed by atoms with Gasteiger partial charge < -0.3 is 13.6 Å². The zero-order chi connectivity index (χ0) is 66.0. The fourth-order valence-corrected chi connectivity index (χ4v) is 16.4. The number of hydrogen-bond donors (Lipinski definition) is 0. The molecule has 464 valence electrons. The SMILES string of the molecule is Cc1cc(C)c(C2=N/C(=C(/c3ccccc3F)c3c(-c4c(C)cc(C)cc4C)c(-c4ccc5c(c4)c4ccccc4n5-c4ccccc4)c(-c4c(C)cc(C)cc4C)n3B(F)F)C(c3c(C)cc(C)cc3C)=C2c2ccc3c(c2)c2ccccc2n3-c2ccccc2)c(C)c1. The van der Waals surface area contributed by atoms with Gasteiger partial charge >= 0.3 is 7.40 Å². The maximum absolute atomic E-state index is 18.6. The van der Waals surface area contributed by atoms with E-state index >= 15 is 13.0 Å². The first-order chi connectivity index (χ1) is 45.9. The molecule has 1 aliphatic heterocycles. The topological polar surface area (TPSA) is 27.1 Å². The number of aliphatic imine (C=N–C) groups is 1. The zero-order valence-corrected chi connectivity index (χ0v) is 55.8. The van der Waals surface area contributed by atoms with Gasteiger partial charge in [0, 0.05) is 83.2 Å². The minimum absolute atomic E-state index is 0.144. The van der Waals surface area contributed by atoms with E-state index in [1.165, 1.54) is 10.5 Å². The van der Waals surface area contributed by atoms with E-state index in [9.17, 15) is 0 Å². The van der Waals surface area contributed by atoms with Crippen LogP contribution in [-0.4, -0.2) is 26.7 Å². The Morgan fingerprint density at radius 1 is 0.347 bits per heavy atom. The lowest BCUT2D eigenvalue weighted by molar-refractivity contribution is 0.621. The Hall–Kier alpha value is -10.7. The molecule has 0 fully saturated rings. The van der Waals surface area contributed by atoms with Crippen molar-refractivity contribution in [2.24, 2.45) is 4.99 Å². The van der Waals surface area contributed by atoms with Crippen molar-refractivity contribution in [1.29, 1.82) is 0 Å². The van der Waals surface area contributed by atoms with Gasteiger partial charge in [0.1, 0.15) is 5.82 Å². The normalized spacial score (nSPS) is 13.1. The third-order valence-electron chi connectivity index (χ3n) is 19.6. The number of fused-ring (bicyclic) bond motifs is 6. The average Bonchev–Trinajstić information content (AvgIpc) is 1.55. The number of nitrogens with zero attached hydrogens (tertiary/aromatic N) is 4. The van der Waals surface area contributed by atoms with Crippen LogP contribution in [0, 0.1) is 88.9 Å². The lowest BCUT2D eigenvalue weighted by atomic mass is 9.81. The Morgan fingerprint density at radius 3 is 1.23 bits per heavy atom. The monoisotopic (exact) mass is 1240 g/mol. The Bertz CT molecular complexity index is 5560. The molecule has 1 aliphatic rings. The summed E-state index contributed by atoms with van der Waals surface area (Å²) in [7, 11) is -3.17. The number of hydrogen-bond acceptors (Lipinski definition) is 1. The van der Waals surface area contributed by atoms with E-state index in [2.05, 4.69) is 248 Å². The van der Waals surface area contributed by atoms with Gasteiger partial charge in [-0.05, 0) is 217 Å². The smallest absolute Gasteiger partial charge is 0.324 e. The molecule has 0 saturated heterocycles. The molecule has 4 nitrogen and oxygen atoms in total. The van der Waals surface area contributed by atoms with Gasteiger partial charge in [-0.2, -0.15) is 0 Å². The maximum Gasteiger partial charge on any atom is 0.678 e. The Morgan fingerprint density at radius 2 is 0.747 bits per heavy atom. The molecular formula is C87H72BF3N4. The lowest BCUT2D eigenvalue weighted by Crippen LogP contribution is -2.19. The van der Waals surface area contributed by atoms with Crippen LogP contribution in [0.3, 0.4) is 0 Å². The zero-order valence-electron chi connectivity index (χ0n) is 55.8. The van der Waals surface area contributed by atoms with Crippen molar-refractivity contribution in [3.63, 3.8) is 0 Å². The Balaban J connectivity index is 1.20. The molecule has 8 heteroatoms. The lowest BCUT2D eigenvalue weighted by Gasteiger charge is -2.23. The van der Waals surface area contributed by atoms with Gasteiger partial charge in [-0.3, -0.25) is 8.63 Å². The highest BCUT2D eigenvalue weighted by molar-refractivity contribution is 6.45. The van der Waals surface area contributed by atoms with E-state index in [0.717, 1.165) is 161 Å². The number of allylic oxidation sites excluding steroid dienone is 2. The number of aryl methyl sites for hydroxylation is 12. The summed E-state index contributed by atoms with van der Waals surface area (Å²) >= 11 is 0. The van der Waals surface area contributed by atoms with Crippen molar-refractivity contribution in [1.82, 2.24) is 13.6 Å². The van der Waals surface area contributed by atoms with Gasteiger partial charge in [-0.25, -0.2) is 9.38 Å². The van der Waals surface area contributed by atoms with Crippen LogP contribution in [-0.2, 0) is 0 Å². The summed E-state index contributed by atoms with van der Waals surface area (Å²) in [6.45, 7) is 25.1. The fraction of sp³-hybridized carbons (Fsp3) is 0.138. The number of para-hydroxylation sites is 4. The first-order valence-electron chi connectivity index (χ1n) is 32.8. The van der Waals surface area contributed by atoms with Gasteiger partial charge in [0.05, 0.1) is 39.2 Å². The standard InChI is InChI=1S/C87H72BF3N4/c1-49-39-53(5)75(54(6)40-49)82-79(61-35-37-73-68(47-61)65-29-20-23-33-71(65)93(73)63-25-15-13-16-26-63)84(77-57(9)43-51(3)44-58(77)10)92-85(82)81(67-31-19-22-32-70(67)89)87-83(76-55(7)41-50(2)42-56(76)8)80(86(95(87)88(90)91)78-59(11)45-52(4)46-60(78)12)62-36-38-74-69(48-62)66-30-21-24-34-72(66)94(74)64-27-17-14-18-28-64/h13-48H,1-12H3/b85-81-. The molecule has 15 rings (SSSR count).